The quantitative estimate of drug-likeness (QED) is 0.755. The van der Waals surface area contributed by atoms with Crippen molar-refractivity contribution >= 4 is 23.6 Å². The van der Waals surface area contributed by atoms with Crippen LogP contribution in [0.3, 0.4) is 0 Å². The number of halogens is 1. The van der Waals surface area contributed by atoms with E-state index in [-0.39, 0.29) is 24.5 Å². The highest BCUT2D eigenvalue weighted by Crippen LogP contribution is 2.17. The number of carbonyl (C=O) groups excluding carboxylic acids is 1. The molecule has 1 rings (SSSR count). The van der Waals surface area contributed by atoms with Crippen molar-refractivity contribution in [3.63, 3.8) is 0 Å². The van der Waals surface area contributed by atoms with Crippen LogP contribution in [-0.4, -0.2) is 23.1 Å². The van der Waals surface area contributed by atoms with Crippen molar-refractivity contribution in [3.8, 4) is 0 Å². The molecule has 3 N–H and O–H groups in total. The van der Waals surface area contributed by atoms with E-state index < -0.39 is 5.97 Å². The number of urea groups is 1. The average molecular weight is 299 g/mol. The number of carboxylic acids is 1. The zero-order valence-electron chi connectivity index (χ0n) is 11.5. The summed E-state index contributed by atoms with van der Waals surface area (Å²) in [4.78, 5) is 22.2. The molecule has 0 fully saturated rings. The second-order valence-corrected chi connectivity index (χ2v) is 5.16. The summed E-state index contributed by atoms with van der Waals surface area (Å²) in [5, 5.41) is 14.7. The molecule has 0 heterocycles. The van der Waals surface area contributed by atoms with Gasteiger partial charge >= 0.3 is 12.0 Å². The van der Waals surface area contributed by atoms with Gasteiger partial charge in [-0.15, -0.1) is 0 Å². The van der Waals surface area contributed by atoms with Gasteiger partial charge in [-0.05, 0) is 38.0 Å². The number of hydrogen-bond acceptors (Lipinski definition) is 2. The predicted octanol–water partition coefficient (Wildman–Crippen LogP) is 2.95. The molecule has 5 nitrogen and oxygen atoms in total. The first-order chi connectivity index (χ1) is 9.38. The van der Waals surface area contributed by atoms with Crippen LogP contribution in [0, 0.1) is 0 Å². The number of hydrogen-bond donors (Lipinski definition) is 3. The molecule has 0 saturated carbocycles. The Labute approximate surface area is 123 Å². The first-order valence-electron chi connectivity index (χ1n) is 6.42. The summed E-state index contributed by atoms with van der Waals surface area (Å²) in [5.74, 6) is -0.869. The Hall–Kier alpha value is -1.75. The van der Waals surface area contributed by atoms with E-state index in [0.717, 1.165) is 5.56 Å². The highest BCUT2D eigenvalue weighted by atomic mass is 35.5. The van der Waals surface area contributed by atoms with Crippen LogP contribution in [0.25, 0.3) is 0 Å². The van der Waals surface area contributed by atoms with Crippen LogP contribution in [0.5, 0.6) is 0 Å². The number of amides is 2. The van der Waals surface area contributed by atoms with Gasteiger partial charge in [0.05, 0.1) is 6.04 Å². The standard InChI is InChI=1S/C14H19ClN2O3/c1-9(6-7-13(18)19)16-14(20)17-10(2)11-4-3-5-12(15)8-11/h3-5,8-10H,6-7H2,1-2H3,(H,18,19)(H2,16,17,20). The lowest BCUT2D eigenvalue weighted by atomic mass is 10.1. The summed E-state index contributed by atoms with van der Waals surface area (Å²) in [6.45, 7) is 3.62. The lowest BCUT2D eigenvalue weighted by Crippen LogP contribution is -2.41. The van der Waals surface area contributed by atoms with Crippen LogP contribution >= 0.6 is 11.6 Å². The SMILES string of the molecule is CC(CCC(=O)O)NC(=O)NC(C)c1cccc(Cl)c1. The molecule has 0 bridgehead atoms. The Morgan fingerprint density at radius 3 is 2.60 bits per heavy atom. The van der Waals surface area contributed by atoms with Gasteiger partial charge in [0.1, 0.15) is 0 Å². The van der Waals surface area contributed by atoms with E-state index in [1.165, 1.54) is 0 Å². The van der Waals surface area contributed by atoms with E-state index >= 15 is 0 Å². The van der Waals surface area contributed by atoms with Crippen molar-refractivity contribution < 1.29 is 14.7 Å². The maximum atomic E-state index is 11.8. The summed E-state index contributed by atoms with van der Waals surface area (Å²) in [5.41, 5.74) is 0.908. The molecule has 0 aliphatic rings. The molecule has 0 radical (unpaired) electrons. The number of rotatable bonds is 6. The number of benzene rings is 1. The molecular weight excluding hydrogens is 280 g/mol. The lowest BCUT2D eigenvalue weighted by molar-refractivity contribution is -0.137. The molecular formula is C14H19ClN2O3. The first kappa shape index (κ1) is 16.3. The van der Waals surface area contributed by atoms with Gasteiger partial charge in [0, 0.05) is 17.5 Å². The number of carbonyl (C=O) groups is 2. The topological polar surface area (TPSA) is 78.4 Å². The Kier molecular flexibility index (Phi) is 6.31. The zero-order chi connectivity index (χ0) is 15.1. The Bertz CT molecular complexity index is 479. The van der Waals surface area contributed by atoms with Gasteiger partial charge in [-0.1, -0.05) is 23.7 Å². The minimum absolute atomic E-state index is 0.0330. The lowest BCUT2D eigenvalue weighted by Gasteiger charge is -2.18. The van der Waals surface area contributed by atoms with Crippen LogP contribution in [0.2, 0.25) is 5.02 Å². The molecule has 2 amide bonds. The fourth-order valence-corrected chi connectivity index (χ4v) is 1.93. The zero-order valence-corrected chi connectivity index (χ0v) is 12.3. The van der Waals surface area contributed by atoms with E-state index in [1.54, 1.807) is 19.1 Å². The van der Waals surface area contributed by atoms with Gasteiger partial charge in [0.15, 0.2) is 0 Å². The highest BCUT2D eigenvalue weighted by Gasteiger charge is 2.12. The van der Waals surface area contributed by atoms with Gasteiger partial charge < -0.3 is 15.7 Å². The second kappa shape index (κ2) is 7.75. The summed E-state index contributed by atoms with van der Waals surface area (Å²) in [7, 11) is 0. The summed E-state index contributed by atoms with van der Waals surface area (Å²) < 4.78 is 0. The smallest absolute Gasteiger partial charge is 0.315 e. The molecule has 110 valence electrons. The summed E-state index contributed by atoms with van der Waals surface area (Å²) in [6, 6.07) is 6.56. The Morgan fingerprint density at radius 2 is 2.00 bits per heavy atom. The Morgan fingerprint density at radius 1 is 1.30 bits per heavy atom. The highest BCUT2D eigenvalue weighted by molar-refractivity contribution is 6.30. The molecule has 1 aromatic carbocycles. The molecule has 1 aromatic rings. The van der Waals surface area contributed by atoms with Crippen molar-refractivity contribution in [2.75, 3.05) is 0 Å². The molecule has 0 aliphatic carbocycles. The van der Waals surface area contributed by atoms with Crippen molar-refractivity contribution in [2.24, 2.45) is 0 Å². The van der Waals surface area contributed by atoms with E-state index in [2.05, 4.69) is 10.6 Å². The van der Waals surface area contributed by atoms with Gasteiger partial charge in [-0.25, -0.2) is 4.79 Å². The minimum Gasteiger partial charge on any atom is -0.481 e. The molecule has 0 aliphatic heterocycles. The summed E-state index contributed by atoms with van der Waals surface area (Å²) >= 11 is 5.90. The number of carboxylic acid groups (broad SMARTS) is 1. The Balaban J connectivity index is 2.43. The van der Waals surface area contributed by atoms with Crippen LogP contribution in [0.1, 0.15) is 38.3 Å². The van der Waals surface area contributed by atoms with Gasteiger partial charge in [0.25, 0.3) is 0 Å². The van der Waals surface area contributed by atoms with Crippen LogP contribution in [0.4, 0.5) is 4.79 Å². The van der Waals surface area contributed by atoms with Crippen LogP contribution in [0.15, 0.2) is 24.3 Å². The normalized spacial score (nSPS) is 13.3. The van der Waals surface area contributed by atoms with Crippen LogP contribution < -0.4 is 10.6 Å². The second-order valence-electron chi connectivity index (χ2n) is 4.73. The fourth-order valence-electron chi connectivity index (χ4n) is 1.73. The largest absolute Gasteiger partial charge is 0.481 e. The number of nitrogens with one attached hydrogen (secondary N) is 2. The maximum Gasteiger partial charge on any atom is 0.315 e. The third kappa shape index (κ3) is 5.93. The molecule has 20 heavy (non-hydrogen) atoms. The molecule has 6 heteroatoms. The van der Waals surface area contributed by atoms with Crippen molar-refractivity contribution in [3.05, 3.63) is 34.9 Å². The predicted molar refractivity (Wildman–Crippen MR) is 77.9 cm³/mol. The fraction of sp³-hybridized carbons (Fsp3) is 0.429. The summed E-state index contributed by atoms with van der Waals surface area (Å²) in [6.07, 6.45) is 0.430. The monoisotopic (exact) mass is 298 g/mol. The third-order valence-corrected chi connectivity index (χ3v) is 3.10. The average Bonchev–Trinajstić information content (AvgIpc) is 2.36. The first-order valence-corrected chi connectivity index (χ1v) is 6.80. The molecule has 0 spiro atoms. The van der Waals surface area contributed by atoms with E-state index in [1.807, 2.05) is 19.1 Å². The van der Waals surface area contributed by atoms with Gasteiger partial charge in [0.2, 0.25) is 0 Å². The molecule has 2 unspecified atom stereocenters. The van der Waals surface area contributed by atoms with E-state index in [0.29, 0.717) is 11.4 Å². The molecule has 2 atom stereocenters. The molecule has 0 saturated heterocycles. The number of aliphatic carboxylic acids is 1. The maximum absolute atomic E-state index is 11.8. The van der Waals surface area contributed by atoms with Gasteiger partial charge in [-0.3, -0.25) is 4.79 Å². The van der Waals surface area contributed by atoms with Gasteiger partial charge in [-0.2, -0.15) is 0 Å². The molecule has 0 aromatic heterocycles. The van der Waals surface area contributed by atoms with Crippen LogP contribution in [-0.2, 0) is 4.79 Å². The van der Waals surface area contributed by atoms with E-state index in [4.69, 9.17) is 16.7 Å². The van der Waals surface area contributed by atoms with Crippen molar-refractivity contribution in [1.29, 1.82) is 0 Å². The van der Waals surface area contributed by atoms with E-state index in [9.17, 15) is 9.59 Å². The third-order valence-electron chi connectivity index (χ3n) is 2.86. The van der Waals surface area contributed by atoms with Crippen molar-refractivity contribution in [1.82, 2.24) is 10.6 Å². The minimum atomic E-state index is -0.869. The van der Waals surface area contributed by atoms with Crippen molar-refractivity contribution in [2.45, 2.75) is 38.8 Å².